The topological polar surface area (TPSA) is 52.1 Å². The first-order valence-corrected chi connectivity index (χ1v) is 10.5. The number of hydrogen-bond donors (Lipinski definition) is 2. The zero-order chi connectivity index (χ0) is 20.9. The number of nitrogens with one attached hydrogen (secondary N) is 2. The van der Waals surface area contributed by atoms with Crippen molar-refractivity contribution in [1.29, 1.82) is 0 Å². The van der Waals surface area contributed by atoms with Crippen molar-refractivity contribution >= 4 is 5.96 Å². The molecular formula is C22H41N5O. The van der Waals surface area contributed by atoms with Crippen LogP contribution in [0.3, 0.4) is 0 Å². The SMILES string of the molecule is CCNC(=NCc1cccc(OCCN(C)C)c1)NCCN(C(C)C)C(C)C. The molecule has 0 heterocycles. The predicted molar refractivity (Wildman–Crippen MR) is 120 cm³/mol. The van der Waals surface area contributed by atoms with Crippen molar-refractivity contribution in [3.8, 4) is 5.75 Å². The van der Waals surface area contributed by atoms with E-state index in [1.807, 2.05) is 26.2 Å². The molecule has 0 radical (unpaired) electrons. The van der Waals surface area contributed by atoms with Crippen LogP contribution in [0, 0.1) is 0 Å². The molecule has 2 N–H and O–H groups in total. The van der Waals surface area contributed by atoms with Crippen LogP contribution in [0.5, 0.6) is 5.75 Å². The molecule has 28 heavy (non-hydrogen) atoms. The van der Waals surface area contributed by atoms with Crippen molar-refractivity contribution in [3.63, 3.8) is 0 Å². The highest BCUT2D eigenvalue weighted by atomic mass is 16.5. The molecule has 0 saturated carbocycles. The molecule has 0 aliphatic rings. The Morgan fingerprint density at radius 2 is 1.79 bits per heavy atom. The summed E-state index contributed by atoms with van der Waals surface area (Å²) in [6.07, 6.45) is 0. The molecule has 0 aliphatic carbocycles. The number of likely N-dealkylation sites (N-methyl/N-ethyl adjacent to an activating group) is 1. The lowest BCUT2D eigenvalue weighted by Gasteiger charge is -2.30. The summed E-state index contributed by atoms with van der Waals surface area (Å²) >= 11 is 0. The van der Waals surface area contributed by atoms with Gasteiger partial charge in [-0.25, -0.2) is 4.99 Å². The third-order valence-corrected chi connectivity index (χ3v) is 4.46. The molecule has 0 bridgehead atoms. The maximum Gasteiger partial charge on any atom is 0.191 e. The molecule has 6 heteroatoms. The Labute approximate surface area is 172 Å². The van der Waals surface area contributed by atoms with E-state index in [-0.39, 0.29) is 0 Å². The minimum atomic E-state index is 0.538. The lowest BCUT2D eigenvalue weighted by Crippen LogP contribution is -2.45. The summed E-state index contributed by atoms with van der Waals surface area (Å²) < 4.78 is 5.82. The summed E-state index contributed by atoms with van der Waals surface area (Å²) in [5.74, 6) is 1.76. The van der Waals surface area contributed by atoms with Crippen LogP contribution in [0.2, 0.25) is 0 Å². The van der Waals surface area contributed by atoms with Gasteiger partial charge in [-0.15, -0.1) is 0 Å². The molecule has 160 valence electrons. The van der Waals surface area contributed by atoms with Gasteiger partial charge in [0.1, 0.15) is 12.4 Å². The summed E-state index contributed by atoms with van der Waals surface area (Å²) in [5.41, 5.74) is 1.14. The Bertz CT molecular complexity index is 564. The van der Waals surface area contributed by atoms with E-state index in [1.54, 1.807) is 0 Å². The molecule has 0 aromatic heterocycles. The highest BCUT2D eigenvalue weighted by Crippen LogP contribution is 2.14. The van der Waals surface area contributed by atoms with Gasteiger partial charge in [0.15, 0.2) is 5.96 Å². The normalized spacial score (nSPS) is 12.3. The molecule has 1 aromatic rings. The first kappa shape index (κ1) is 24.2. The molecule has 0 saturated heterocycles. The smallest absolute Gasteiger partial charge is 0.191 e. The predicted octanol–water partition coefficient (Wildman–Crippen LogP) is 2.80. The second-order valence-corrected chi connectivity index (χ2v) is 7.85. The third-order valence-electron chi connectivity index (χ3n) is 4.46. The van der Waals surface area contributed by atoms with Crippen LogP contribution in [0.15, 0.2) is 29.3 Å². The second kappa shape index (κ2) is 13.4. The van der Waals surface area contributed by atoms with E-state index in [9.17, 15) is 0 Å². The van der Waals surface area contributed by atoms with Crippen molar-refractivity contribution in [2.75, 3.05) is 46.9 Å². The highest BCUT2D eigenvalue weighted by molar-refractivity contribution is 5.79. The first-order chi connectivity index (χ1) is 13.3. The van der Waals surface area contributed by atoms with E-state index in [1.165, 1.54) is 0 Å². The summed E-state index contributed by atoms with van der Waals surface area (Å²) in [4.78, 5) is 9.32. The molecule has 0 unspecified atom stereocenters. The van der Waals surface area contributed by atoms with Crippen LogP contribution < -0.4 is 15.4 Å². The summed E-state index contributed by atoms with van der Waals surface area (Å²) in [5, 5.41) is 6.78. The van der Waals surface area contributed by atoms with Crippen molar-refractivity contribution in [2.24, 2.45) is 4.99 Å². The molecule has 0 spiro atoms. The fourth-order valence-corrected chi connectivity index (χ4v) is 3.01. The Balaban J connectivity index is 2.59. The summed E-state index contributed by atoms with van der Waals surface area (Å²) in [7, 11) is 4.09. The summed E-state index contributed by atoms with van der Waals surface area (Å²) in [6, 6.07) is 9.26. The molecule has 1 aromatic carbocycles. The first-order valence-electron chi connectivity index (χ1n) is 10.5. The number of ether oxygens (including phenoxy) is 1. The van der Waals surface area contributed by atoms with Gasteiger partial charge in [-0.3, -0.25) is 4.90 Å². The summed E-state index contributed by atoms with van der Waals surface area (Å²) in [6.45, 7) is 16.0. The molecule has 0 fully saturated rings. The standard InChI is InChI=1S/C22H41N5O/c1-8-23-22(24-12-13-27(18(2)3)19(4)5)25-17-20-10-9-11-21(16-20)28-15-14-26(6)7/h9-11,16,18-19H,8,12-15,17H2,1-7H3,(H2,23,24,25). The highest BCUT2D eigenvalue weighted by Gasteiger charge is 2.12. The van der Waals surface area contributed by atoms with Crippen LogP contribution in [-0.4, -0.2) is 74.7 Å². The lowest BCUT2D eigenvalue weighted by atomic mass is 10.2. The average Bonchev–Trinajstić information content (AvgIpc) is 2.62. The minimum absolute atomic E-state index is 0.538. The zero-order valence-corrected chi connectivity index (χ0v) is 19.0. The quantitative estimate of drug-likeness (QED) is 0.424. The van der Waals surface area contributed by atoms with Crippen LogP contribution in [0.1, 0.15) is 40.2 Å². The van der Waals surface area contributed by atoms with Crippen LogP contribution >= 0.6 is 0 Å². The van der Waals surface area contributed by atoms with Gasteiger partial charge in [0.2, 0.25) is 0 Å². The van der Waals surface area contributed by atoms with Crippen LogP contribution in [-0.2, 0) is 6.54 Å². The largest absolute Gasteiger partial charge is 0.492 e. The number of guanidine groups is 1. The molecule has 1 rings (SSSR count). The Morgan fingerprint density at radius 1 is 1.07 bits per heavy atom. The van der Waals surface area contributed by atoms with Crippen molar-refractivity contribution in [3.05, 3.63) is 29.8 Å². The van der Waals surface area contributed by atoms with Crippen molar-refractivity contribution < 1.29 is 4.74 Å². The monoisotopic (exact) mass is 391 g/mol. The van der Waals surface area contributed by atoms with Gasteiger partial charge < -0.3 is 20.3 Å². The van der Waals surface area contributed by atoms with E-state index >= 15 is 0 Å². The van der Waals surface area contributed by atoms with Gasteiger partial charge in [0.25, 0.3) is 0 Å². The minimum Gasteiger partial charge on any atom is -0.492 e. The number of aliphatic imine (C=N–C) groups is 1. The van der Waals surface area contributed by atoms with Gasteiger partial charge in [0.05, 0.1) is 6.54 Å². The average molecular weight is 392 g/mol. The lowest BCUT2D eigenvalue weighted by molar-refractivity contribution is 0.178. The number of hydrogen-bond acceptors (Lipinski definition) is 4. The fourth-order valence-electron chi connectivity index (χ4n) is 3.01. The molecular weight excluding hydrogens is 350 g/mol. The van der Waals surface area contributed by atoms with Gasteiger partial charge in [-0.2, -0.15) is 0 Å². The van der Waals surface area contributed by atoms with Gasteiger partial charge in [-0.1, -0.05) is 12.1 Å². The second-order valence-electron chi connectivity index (χ2n) is 7.85. The zero-order valence-electron chi connectivity index (χ0n) is 19.0. The van der Waals surface area contributed by atoms with E-state index < -0.39 is 0 Å². The van der Waals surface area contributed by atoms with E-state index in [0.29, 0.717) is 25.2 Å². The third kappa shape index (κ3) is 9.95. The maximum atomic E-state index is 5.82. The number of nitrogens with zero attached hydrogens (tertiary/aromatic N) is 3. The number of benzene rings is 1. The van der Waals surface area contributed by atoms with Gasteiger partial charge in [0, 0.05) is 38.3 Å². The van der Waals surface area contributed by atoms with Crippen molar-refractivity contribution in [1.82, 2.24) is 20.4 Å². The molecule has 6 nitrogen and oxygen atoms in total. The Hall–Kier alpha value is -1.79. The van der Waals surface area contributed by atoms with E-state index in [4.69, 9.17) is 9.73 Å². The van der Waals surface area contributed by atoms with E-state index in [0.717, 1.165) is 43.5 Å². The van der Waals surface area contributed by atoms with Crippen molar-refractivity contribution in [2.45, 2.75) is 53.2 Å². The van der Waals surface area contributed by atoms with Gasteiger partial charge >= 0.3 is 0 Å². The Kier molecular flexibility index (Phi) is 11.6. The van der Waals surface area contributed by atoms with Crippen LogP contribution in [0.25, 0.3) is 0 Å². The Morgan fingerprint density at radius 3 is 2.39 bits per heavy atom. The van der Waals surface area contributed by atoms with Crippen LogP contribution in [0.4, 0.5) is 0 Å². The number of rotatable bonds is 12. The fraction of sp³-hybridized carbons (Fsp3) is 0.682. The maximum absolute atomic E-state index is 5.82. The van der Waals surface area contributed by atoms with E-state index in [2.05, 4.69) is 67.2 Å². The van der Waals surface area contributed by atoms with Gasteiger partial charge in [-0.05, 0) is 66.4 Å². The molecule has 0 aliphatic heterocycles. The molecule has 0 atom stereocenters. The molecule has 0 amide bonds.